The lowest BCUT2D eigenvalue weighted by Gasteiger charge is -1.98. The van der Waals surface area contributed by atoms with Crippen LogP contribution >= 0.6 is 11.3 Å². The maximum atomic E-state index is 13.8. The highest BCUT2D eigenvalue weighted by Crippen LogP contribution is 2.37. The van der Waals surface area contributed by atoms with Crippen molar-refractivity contribution in [2.24, 2.45) is 0 Å². The van der Waals surface area contributed by atoms with E-state index in [0.717, 1.165) is 21.2 Å². The molecule has 0 radical (unpaired) electrons. The lowest BCUT2D eigenvalue weighted by molar-refractivity contribution is 0.0990. The van der Waals surface area contributed by atoms with Gasteiger partial charge in [0, 0.05) is 28.1 Å². The number of fused-ring (bicyclic) bond motifs is 2. The molecule has 1 aliphatic carbocycles. The Hall–Kier alpha value is -3.31. The molecule has 0 saturated carbocycles. The Kier molecular flexibility index (Phi) is 3.67. The molecular weight excluding hydrogens is 375 g/mol. The van der Waals surface area contributed by atoms with Crippen molar-refractivity contribution in [3.05, 3.63) is 88.4 Å². The first-order valence-electron chi connectivity index (χ1n) is 8.71. The van der Waals surface area contributed by atoms with E-state index in [4.69, 9.17) is 4.42 Å². The fourth-order valence-corrected chi connectivity index (χ4v) is 4.43. The minimum absolute atomic E-state index is 0.00434. The van der Waals surface area contributed by atoms with Crippen LogP contribution < -0.4 is 0 Å². The summed E-state index contributed by atoms with van der Waals surface area (Å²) in [4.78, 5) is 26.3. The summed E-state index contributed by atoms with van der Waals surface area (Å²) >= 11 is 1.58. The maximum Gasteiger partial charge on any atom is 0.197 e. The van der Waals surface area contributed by atoms with Crippen molar-refractivity contribution in [2.45, 2.75) is 6.92 Å². The third-order valence-electron chi connectivity index (χ3n) is 4.85. The molecule has 0 aliphatic heterocycles. The Morgan fingerprint density at radius 3 is 2.39 bits per heavy atom. The molecular formula is C23H13FO3S. The summed E-state index contributed by atoms with van der Waals surface area (Å²) in [6.07, 6.45) is 1.45. The van der Waals surface area contributed by atoms with Crippen LogP contribution in [-0.4, -0.2) is 11.6 Å². The van der Waals surface area contributed by atoms with Crippen molar-refractivity contribution in [1.82, 2.24) is 0 Å². The number of furan rings is 1. The van der Waals surface area contributed by atoms with Crippen LogP contribution in [0.4, 0.5) is 4.39 Å². The number of carbonyl (C=O) groups is 2. The molecule has 0 spiro atoms. The number of aryl methyl sites for hydroxylation is 1. The largest absolute Gasteiger partial charge is 0.456 e. The summed E-state index contributed by atoms with van der Waals surface area (Å²) in [6, 6.07) is 16.3. The third kappa shape index (κ3) is 2.55. The second kappa shape index (κ2) is 6.11. The molecule has 0 fully saturated rings. The number of rotatable bonds is 2. The van der Waals surface area contributed by atoms with E-state index in [0.29, 0.717) is 16.9 Å². The fourth-order valence-electron chi connectivity index (χ4n) is 3.39. The van der Waals surface area contributed by atoms with Crippen LogP contribution in [0.2, 0.25) is 0 Å². The quantitative estimate of drug-likeness (QED) is 0.309. The second-order valence-electron chi connectivity index (χ2n) is 6.72. The molecule has 4 aromatic rings. The first kappa shape index (κ1) is 16.8. The van der Waals surface area contributed by atoms with E-state index in [-0.39, 0.29) is 16.7 Å². The van der Waals surface area contributed by atoms with Crippen LogP contribution in [-0.2, 0) is 0 Å². The van der Waals surface area contributed by atoms with E-state index < -0.39 is 17.4 Å². The van der Waals surface area contributed by atoms with Crippen molar-refractivity contribution >= 4 is 39.3 Å². The first-order chi connectivity index (χ1) is 13.5. The van der Waals surface area contributed by atoms with Gasteiger partial charge in [0.25, 0.3) is 0 Å². The number of hydrogen-bond donors (Lipinski definition) is 0. The van der Waals surface area contributed by atoms with Crippen LogP contribution in [0.15, 0.2) is 64.6 Å². The molecule has 0 atom stereocenters. The molecule has 136 valence electrons. The molecule has 2 heterocycles. The van der Waals surface area contributed by atoms with Crippen LogP contribution in [0.5, 0.6) is 0 Å². The number of ketones is 2. The van der Waals surface area contributed by atoms with Gasteiger partial charge >= 0.3 is 0 Å². The average Bonchev–Trinajstić information content (AvgIpc) is 3.31. The van der Waals surface area contributed by atoms with Crippen molar-refractivity contribution < 1.29 is 18.4 Å². The standard InChI is InChI=1S/C23H13FO3S/c1-12-7-15-16(10-18(12)24)23(26)17(22(15)25)8-14-9-21-19(27-14)11-20(28-21)13-5-3-2-4-6-13/h2-11H,1H3/b17-8-. The summed E-state index contributed by atoms with van der Waals surface area (Å²) < 4.78 is 20.6. The number of hydrogen-bond acceptors (Lipinski definition) is 4. The first-order valence-corrected chi connectivity index (χ1v) is 9.53. The number of halogens is 1. The Morgan fingerprint density at radius 2 is 1.68 bits per heavy atom. The smallest absolute Gasteiger partial charge is 0.197 e. The summed E-state index contributed by atoms with van der Waals surface area (Å²) in [5, 5.41) is 0. The van der Waals surface area contributed by atoms with Gasteiger partial charge in [0.2, 0.25) is 0 Å². The van der Waals surface area contributed by atoms with Gasteiger partial charge in [-0.15, -0.1) is 11.3 Å². The molecule has 0 saturated heterocycles. The topological polar surface area (TPSA) is 47.3 Å². The van der Waals surface area contributed by atoms with E-state index in [1.54, 1.807) is 18.3 Å². The minimum atomic E-state index is -0.492. The van der Waals surface area contributed by atoms with Crippen molar-refractivity contribution in [3.63, 3.8) is 0 Å². The Morgan fingerprint density at radius 1 is 0.964 bits per heavy atom. The lowest BCUT2D eigenvalue weighted by Crippen LogP contribution is -1.99. The molecule has 0 bridgehead atoms. The Labute approximate surface area is 163 Å². The van der Waals surface area contributed by atoms with Crippen molar-refractivity contribution in [1.29, 1.82) is 0 Å². The van der Waals surface area contributed by atoms with Gasteiger partial charge in [0.1, 0.15) is 17.2 Å². The van der Waals surface area contributed by atoms with Crippen LogP contribution in [0.3, 0.4) is 0 Å². The molecule has 2 aromatic heterocycles. The number of Topliss-reactive ketones (excluding diaryl/α,β-unsaturated/α-hetero) is 2. The summed E-state index contributed by atoms with van der Waals surface area (Å²) in [6.45, 7) is 1.57. The predicted molar refractivity (Wildman–Crippen MR) is 107 cm³/mol. The van der Waals surface area contributed by atoms with Gasteiger partial charge in [-0.3, -0.25) is 9.59 Å². The van der Waals surface area contributed by atoms with Gasteiger partial charge in [0.05, 0.1) is 10.3 Å². The minimum Gasteiger partial charge on any atom is -0.456 e. The van der Waals surface area contributed by atoms with Gasteiger partial charge in [0.15, 0.2) is 11.6 Å². The van der Waals surface area contributed by atoms with E-state index in [9.17, 15) is 14.0 Å². The highest BCUT2D eigenvalue weighted by atomic mass is 32.1. The highest BCUT2D eigenvalue weighted by molar-refractivity contribution is 7.22. The summed E-state index contributed by atoms with van der Waals surface area (Å²) in [5.41, 5.74) is 2.51. The van der Waals surface area contributed by atoms with E-state index in [1.165, 1.54) is 12.1 Å². The number of allylic oxidation sites excluding steroid dienone is 1. The lowest BCUT2D eigenvalue weighted by atomic mass is 10.1. The normalized spacial score (nSPS) is 15.0. The molecule has 5 heteroatoms. The van der Waals surface area contributed by atoms with Crippen molar-refractivity contribution in [2.75, 3.05) is 0 Å². The van der Waals surface area contributed by atoms with Gasteiger partial charge in [-0.25, -0.2) is 4.39 Å². The zero-order chi connectivity index (χ0) is 19.4. The predicted octanol–water partition coefficient (Wildman–Crippen LogP) is 6.07. The second-order valence-corrected chi connectivity index (χ2v) is 7.80. The van der Waals surface area contributed by atoms with Crippen LogP contribution in [0, 0.1) is 12.7 Å². The number of thiophene rings is 1. The van der Waals surface area contributed by atoms with Gasteiger partial charge < -0.3 is 4.42 Å². The molecule has 0 amide bonds. The molecule has 3 nitrogen and oxygen atoms in total. The highest BCUT2D eigenvalue weighted by Gasteiger charge is 2.34. The van der Waals surface area contributed by atoms with Crippen LogP contribution in [0.1, 0.15) is 32.0 Å². The zero-order valence-corrected chi connectivity index (χ0v) is 15.6. The molecule has 0 unspecified atom stereocenters. The molecule has 2 aromatic carbocycles. The summed E-state index contributed by atoms with van der Waals surface area (Å²) in [5.74, 6) is -0.924. The molecule has 28 heavy (non-hydrogen) atoms. The molecule has 1 aliphatic rings. The zero-order valence-electron chi connectivity index (χ0n) is 14.8. The number of benzene rings is 2. The summed E-state index contributed by atoms with van der Waals surface area (Å²) in [7, 11) is 0. The SMILES string of the molecule is Cc1cc2c(cc1F)C(=O)/C(=C\c1cc3sc(-c4ccccc4)cc3o1)C2=O. The third-order valence-corrected chi connectivity index (χ3v) is 5.96. The van der Waals surface area contributed by atoms with Gasteiger partial charge in [-0.1, -0.05) is 30.3 Å². The van der Waals surface area contributed by atoms with Crippen LogP contribution in [0.25, 0.3) is 26.8 Å². The van der Waals surface area contributed by atoms with Gasteiger partial charge in [-0.2, -0.15) is 0 Å². The maximum absolute atomic E-state index is 13.8. The monoisotopic (exact) mass is 388 g/mol. The van der Waals surface area contributed by atoms with Crippen molar-refractivity contribution in [3.8, 4) is 10.4 Å². The Balaban J connectivity index is 1.53. The van der Waals surface area contributed by atoms with E-state index in [1.807, 2.05) is 42.5 Å². The number of carbonyl (C=O) groups excluding carboxylic acids is 2. The van der Waals surface area contributed by atoms with E-state index in [2.05, 4.69) is 0 Å². The Bertz CT molecular complexity index is 1230. The van der Waals surface area contributed by atoms with E-state index >= 15 is 0 Å². The molecule has 5 rings (SSSR count). The fraction of sp³-hybridized carbons (Fsp3) is 0.0435. The average molecular weight is 388 g/mol. The van der Waals surface area contributed by atoms with Gasteiger partial charge in [-0.05, 0) is 36.3 Å². The molecule has 0 N–H and O–H groups in total.